The number of nitrogens with one attached hydrogen (secondary N) is 1. The van der Waals surface area contributed by atoms with Crippen molar-refractivity contribution in [2.24, 2.45) is 28.6 Å². The van der Waals surface area contributed by atoms with E-state index in [-0.39, 0.29) is 40.9 Å². The first-order chi connectivity index (χ1) is 10.4. The zero-order valence-electron chi connectivity index (χ0n) is 13.7. The predicted molar refractivity (Wildman–Crippen MR) is 82.9 cm³/mol. The number of carbonyl (C=O) groups excluding carboxylic acids is 1. The normalized spacial score (nSPS) is 57.5. The summed E-state index contributed by atoms with van der Waals surface area (Å²) < 4.78 is 0. The Labute approximate surface area is 132 Å². The molecule has 0 aromatic rings. The molecule has 0 bridgehead atoms. The van der Waals surface area contributed by atoms with Gasteiger partial charge in [0.2, 0.25) is 5.91 Å². The average molecular weight is 307 g/mol. The van der Waals surface area contributed by atoms with Gasteiger partial charge in [0, 0.05) is 12.5 Å². The lowest BCUT2D eigenvalue weighted by atomic mass is 9.46. The number of piperidine rings is 1. The Morgan fingerprint density at radius 1 is 1.09 bits per heavy atom. The second kappa shape index (κ2) is 4.70. The summed E-state index contributed by atoms with van der Waals surface area (Å²) in [6.07, 6.45) is 5.68. The number of aliphatic hydroxyl groups excluding tert-OH is 2. The highest BCUT2D eigenvalue weighted by molar-refractivity contribution is 5.77. The third-order valence-electron chi connectivity index (χ3n) is 7.97. The molecule has 1 aliphatic heterocycles. The molecule has 4 rings (SSSR count). The van der Waals surface area contributed by atoms with Gasteiger partial charge in [0.25, 0.3) is 0 Å². The number of amides is 1. The highest BCUT2D eigenvalue weighted by Crippen LogP contribution is 2.63. The quantitative estimate of drug-likeness (QED) is 0.639. The van der Waals surface area contributed by atoms with Crippen LogP contribution in [0, 0.1) is 28.6 Å². The Bertz CT molecular complexity index is 495. The standard InChI is InChI=1S/C18H29NO3/c1-17-8-7-15(22)19-13(17)5-3-10-11-4-6-14(21)18(11,2)9-12(20)16(10)17/h10-14,16,20-21H,3-9H2,1-2H3,(H,19,22)/t10?,11?,12-,13?,14?,16?,17-,18-/m0/s1. The molecule has 5 unspecified atom stereocenters. The Kier molecular flexibility index (Phi) is 3.19. The lowest BCUT2D eigenvalue weighted by Crippen LogP contribution is -2.64. The van der Waals surface area contributed by atoms with Crippen LogP contribution in [-0.2, 0) is 4.79 Å². The molecular weight excluding hydrogens is 278 g/mol. The van der Waals surface area contributed by atoms with Crippen molar-refractivity contribution < 1.29 is 15.0 Å². The molecule has 3 saturated carbocycles. The summed E-state index contributed by atoms with van der Waals surface area (Å²) in [4.78, 5) is 11.8. The number of hydrogen-bond donors (Lipinski definition) is 3. The van der Waals surface area contributed by atoms with Crippen molar-refractivity contribution in [2.45, 2.75) is 77.0 Å². The molecule has 0 aromatic heterocycles. The summed E-state index contributed by atoms with van der Waals surface area (Å²) in [5, 5.41) is 24.6. The lowest BCUT2D eigenvalue weighted by Gasteiger charge is -2.61. The molecule has 1 saturated heterocycles. The van der Waals surface area contributed by atoms with Crippen LogP contribution >= 0.6 is 0 Å². The molecule has 8 atom stereocenters. The van der Waals surface area contributed by atoms with Crippen LogP contribution in [-0.4, -0.2) is 34.4 Å². The van der Waals surface area contributed by atoms with Crippen LogP contribution in [0.2, 0.25) is 0 Å². The molecule has 0 radical (unpaired) electrons. The number of fused-ring (bicyclic) bond motifs is 5. The number of rotatable bonds is 0. The van der Waals surface area contributed by atoms with Crippen molar-refractivity contribution in [3.8, 4) is 0 Å². The minimum atomic E-state index is -0.346. The van der Waals surface area contributed by atoms with Gasteiger partial charge in [0.05, 0.1) is 12.2 Å². The molecule has 22 heavy (non-hydrogen) atoms. The van der Waals surface area contributed by atoms with Gasteiger partial charge in [-0.3, -0.25) is 4.79 Å². The van der Waals surface area contributed by atoms with E-state index in [2.05, 4.69) is 19.2 Å². The Hall–Kier alpha value is -0.610. The summed E-state index contributed by atoms with van der Waals surface area (Å²) in [6, 6.07) is 0.223. The van der Waals surface area contributed by atoms with E-state index < -0.39 is 0 Å². The minimum Gasteiger partial charge on any atom is -0.393 e. The van der Waals surface area contributed by atoms with E-state index >= 15 is 0 Å². The zero-order valence-corrected chi connectivity index (χ0v) is 13.7. The fourth-order valence-electron chi connectivity index (χ4n) is 6.81. The molecule has 3 N–H and O–H groups in total. The summed E-state index contributed by atoms with van der Waals surface area (Å²) in [5.41, 5.74) is -0.0905. The summed E-state index contributed by atoms with van der Waals surface area (Å²) in [6.45, 7) is 4.47. The van der Waals surface area contributed by atoms with E-state index in [9.17, 15) is 15.0 Å². The summed E-state index contributed by atoms with van der Waals surface area (Å²) >= 11 is 0. The molecule has 1 amide bonds. The zero-order chi connectivity index (χ0) is 15.7. The third kappa shape index (κ3) is 1.80. The first-order valence-electron chi connectivity index (χ1n) is 9.02. The summed E-state index contributed by atoms with van der Waals surface area (Å²) in [5.74, 6) is 1.48. The molecule has 4 heteroatoms. The Balaban J connectivity index is 1.69. The van der Waals surface area contributed by atoms with Crippen molar-refractivity contribution >= 4 is 5.91 Å². The van der Waals surface area contributed by atoms with E-state index in [0.29, 0.717) is 18.3 Å². The topological polar surface area (TPSA) is 69.6 Å². The second-order valence-corrected chi connectivity index (χ2v) is 8.87. The third-order valence-corrected chi connectivity index (χ3v) is 7.97. The van der Waals surface area contributed by atoms with Gasteiger partial charge >= 0.3 is 0 Å². The van der Waals surface area contributed by atoms with Crippen LogP contribution in [0.15, 0.2) is 0 Å². The molecule has 0 aromatic carbocycles. The monoisotopic (exact) mass is 307 g/mol. The van der Waals surface area contributed by atoms with Crippen molar-refractivity contribution in [3.05, 3.63) is 0 Å². The van der Waals surface area contributed by atoms with E-state index in [1.807, 2.05) is 0 Å². The maximum absolute atomic E-state index is 11.8. The largest absolute Gasteiger partial charge is 0.393 e. The Morgan fingerprint density at radius 3 is 2.64 bits per heavy atom. The van der Waals surface area contributed by atoms with Crippen molar-refractivity contribution in [3.63, 3.8) is 0 Å². The van der Waals surface area contributed by atoms with Gasteiger partial charge in [-0.1, -0.05) is 13.8 Å². The second-order valence-electron chi connectivity index (χ2n) is 8.87. The van der Waals surface area contributed by atoms with Gasteiger partial charge in [-0.15, -0.1) is 0 Å². The van der Waals surface area contributed by atoms with Gasteiger partial charge in [-0.2, -0.15) is 0 Å². The van der Waals surface area contributed by atoms with Crippen molar-refractivity contribution in [1.82, 2.24) is 5.32 Å². The smallest absolute Gasteiger partial charge is 0.220 e. The van der Waals surface area contributed by atoms with E-state index in [0.717, 1.165) is 38.5 Å². The van der Waals surface area contributed by atoms with E-state index in [4.69, 9.17) is 0 Å². The fraction of sp³-hybridized carbons (Fsp3) is 0.944. The SMILES string of the molecule is C[C@]12CCC(=O)NC1CCC1C3CCC(O)[C@@]3(C)C[C@H](O)C12. The predicted octanol–water partition coefficient (Wildman–Crippen LogP) is 1.84. The molecular formula is C18H29NO3. The number of hydrogen-bond acceptors (Lipinski definition) is 3. The molecule has 4 fully saturated rings. The molecule has 4 aliphatic rings. The fourth-order valence-corrected chi connectivity index (χ4v) is 6.81. The van der Waals surface area contributed by atoms with Gasteiger partial charge in [0.1, 0.15) is 0 Å². The maximum atomic E-state index is 11.8. The molecule has 124 valence electrons. The lowest BCUT2D eigenvalue weighted by molar-refractivity contribution is -0.169. The first kappa shape index (κ1) is 14.9. The number of carbonyl (C=O) groups is 1. The molecule has 0 spiro atoms. The number of aliphatic hydroxyl groups is 2. The first-order valence-corrected chi connectivity index (χ1v) is 9.02. The van der Waals surface area contributed by atoms with Crippen LogP contribution in [0.1, 0.15) is 58.8 Å². The van der Waals surface area contributed by atoms with Crippen LogP contribution in [0.3, 0.4) is 0 Å². The van der Waals surface area contributed by atoms with Gasteiger partial charge in [-0.05, 0) is 67.1 Å². The van der Waals surface area contributed by atoms with E-state index in [1.165, 1.54) is 0 Å². The van der Waals surface area contributed by atoms with Crippen LogP contribution in [0.5, 0.6) is 0 Å². The Morgan fingerprint density at radius 2 is 1.86 bits per heavy atom. The summed E-state index contributed by atoms with van der Waals surface area (Å²) in [7, 11) is 0. The minimum absolute atomic E-state index is 0.0190. The van der Waals surface area contributed by atoms with Crippen LogP contribution in [0.4, 0.5) is 0 Å². The highest BCUT2D eigenvalue weighted by Gasteiger charge is 2.63. The molecule has 1 heterocycles. The van der Waals surface area contributed by atoms with Gasteiger partial charge < -0.3 is 15.5 Å². The van der Waals surface area contributed by atoms with Gasteiger partial charge in [-0.25, -0.2) is 0 Å². The average Bonchev–Trinajstić information content (AvgIpc) is 2.75. The highest BCUT2D eigenvalue weighted by atomic mass is 16.3. The van der Waals surface area contributed by atoms with Crippen LogP contribution in [0.25, 0.3) is 0 Å². The molecule has 3 aliphatic carbocycles. The van der Waals surface area contributed by atoms with Crippen molar-refractivity contribution in [1.29, 1.82) is 0 Å². The van der Waals surface area contributed by atoms with Crippen LogP contribution < -0.4 is 5.32 Å². The van der Waals surface area contributed by atoms with Crippen molar-refractivity contribution in [2.75, 3.05) is 0 Å². The maximum Gasteiger partial charge on any atom is 0.220 e. The molecule has 4 nitrogen and oxygen atoms in total. The van der Waals surface area contributed by atoms with Gasteiger partial charge in [0.15, 0.2) is 0 Å². The van der Waals surface area contributed by atoms with E-state index in [1.54, 1.807) is 0 Å².